The lowest BCUT2D eigenvalue weighted by Gasteiger charge is -2.12. The molecule has 1 aromatic carbocycles. The largest absolute Gasteiger partial charge is 0.439 e. The van der Waals surface area contributed by atoms with Crippen LogP contribution in [0, 0.1) is 0 Å². The molecule has 1 amide bonds. The minimum Gasteiger partial charge on any atom is -0.439 e. The Morgan fingerprint density at radius 3 is 2.62 bits per heavy atom. The summed E-state index contributed by atoms with van der Waals surface area (Å²) in [5.41, 5.74) is 2.59. The summed E-state index contributed by atoms with van der Waals surface area (Å²) < 4.78 is 8.42. The van der Waals surface area contributed by atoms with Gasteiger partial charge in [-0.2, -0.15) is 0 Å². The van der Waals surface area contributed by atoms with Crippen molar-refractivity contribution in [3.05, 3.63) is 46.1 Å². The number of halogens is 1. The molecule has 0 spiro atoms. The fraction of sp³-hybridized carbons (Fsp3) is 0.222. The van der Waals surface area contributed by atoms with Gasteiger partial charge in [-0.1, -0.05) is 12.8 Å². The average molecular weight is 438 g/mol. The fourth-order valence-corrected chi connectivity index (χ4v) is 3.31. The van der Waals surface area contributed by atoms with Crippen LogP contribution in [-0.4, -0.2) is 33.3 Å². The molecule has 26 heavy (non-hydrogen) atoms. The zero-order valence-electron chi connectivity index (χ0n) is 14.9. The fourth-order valence-electron chi connectivity index (χ4n) is 2.39. The molecule has 0 aliphatic rings. The quantitative estimate of drug-likeness (QED) is 0.310. The Hall–Kier alpha value is -2.19. The third-order valence-corrected chi connectivity index (χ3v) is 4.60. The highest BCUT2D eigenvalue weighted by Crippen LogP contribution is 2.38. The molecule has 2 aromatic rings. The van der Waals surface area contributed by atoms with Crippen molar-refractivity contribution in [2.75, 3.05) is 30.3 Å². The molecule has 6 nitrogen and oxygen atoms in total. The van der Waals surface area contributed by atoms with Crippen molar-refractivity contribution < 1.29 is 14.0 Å². The number of thiol groups is 1. The van der Waals surface area contributed by atoms with Crippen LogP contribution < -0.4 is 14.5 Å². The van der Waals surface area contributed by atoms with E-state index in [0.29, 0.717) is 22.4 Å². The maximum atomic E-state index is 12.5. The second-order valence-corrected chi connectivity index (χ2v) is 7.11. The molecule has 0 atom stereocenters. The van der Waals surface area contributed by atoms with Gasteiger partial charge in [0.25, 0.3) is 5.91 Å². The number of aldehydes is 1. The number of furan rings is 1. The molecule has 0 saturated heterocycles. The summed E-state index contributed by atoms with van der Waals surface area (Å²) in [5.74, 6) is 0.151. The summed E-state index contributed by atoms with van der Waals surface area (Å²) in [4.78, 5) is 24.7. The topological polar surface area (TPSA) is 65.8 Å². The Kier molecular flexibility index (Phi) is 6.55. The van der Waals surface area contributed by atoms with Crippen LogP contribution in [0.4, 0.5) is 11.6 Å². The number of nitrogens with one attached hydrogen (secondary N) is 1. The molecule has 1 aromatic heterocycles. The standard InChI is InChI=1S/C18H20BrN3O3S/c1-11(6-8-23)5-7-21(3)18-16(17(24)20-2)12-9-13(19)14(22(4)26)10-15(12)25-18/h5-10,26H,1-4H3,(H,20,24)/b7-5-,11-6-. The van der Waals surface area contributed by atoms with Gasteiger partial charge in [0, 0.05) is 43.3 Å². The number of benzene rings is 1. The number of rotatable bonds is 6. The van der Waals surface area contributed by atoms with Gasteiger partial charge in [-0.25, -0.2) is 0 Å². The van der Waals surface area contributed by atoms with E-state index in [9.17, 15) is 9.59 Å². The molecule has 138 valence electrons. The van der Waals surface area contributed by atoms with E-state index in [4.69, 9.17) is 4.42 Å². The second kappa shape index (κ2) is 8.46. The third-order valence-electron chi connectivity index (χ3n) is 3.75. The van der Waals surface area contributed by atoms with Gasteiger partial charge in [0.1, 0.15) is 17.4 Å². The number of anilines is 2. The van der Waals surface area contributed by atoms with E-state index in [2.05, 4.69) is 34.1 Å². The van der Waals surface area contributed by atoms with Gasteiger partial charge in [-0.15, -0.1) is 0 Å². The summed E-state index contributed by atoms with van der Waals surface area (Å²) in [6.07, 6.45) is 5.68. The lowest BCUT2D eigenvalue weighted by atomic mass is 10.1. The van der Waals surface area contributed by atoms with E-state index < -0.39 is 0 Å². The Morgan fingerprint density at radius 2 is 2.04 bits per heavy atom. The average Bonchev–Trinajstić information content (AvgIpc) is 2.96. The molecule has 0 aliphatic carbocycles. The minimum atomic E-state index is -0.252. The van der Waals surface area contributed by atoms with Crippen molar-refractivity contribution in [2.24, 2.45) is 0 Å². The molecule has 2 rings (SSSR count). The molecule has 0 bridgehead atoms. The Balaban J connectivity index is 2.62. The molecule has 0 fully saturated rings. The van der Waals surface area contributed by atoms with Gasteiger partial charge >= 0.3 is 0 Å². The molecular formula is C18H20BrN3O3S. The minimum absolute atomic E-state index is 0.252. The van der Waals surface area contributed by atoms with Crippen LogP contribution in [0.2, 0.25) is 0 Å². The van der Waals surface area contributed by atoms with Gasteiger partial charge in [-0.3, -0.25) is 9.59 Å². The molecule has 0 aliphatic heterocycles. The van der Waals surface area contributed by atoms with Crippen LogP contribution in [0.25, 0.3) is 11.0 Å². The molecule has 0 radical (unpaired) electrons. The van der Waals surface area contributed by atoms with Gasteiger partial charge < -0.3 is 18.9 Å². The van der Waals surface area contributed by atoms with Crippen LogP contribution in [0.3, 0.4) is 0 Å². The number of carbonyl (C=O) groups excluding carboxylic acids is 2. The van der Waals surface area contributed by atoms with E-state index in [1.54, 1.807) is 42.6 Å². The monoisotopic (exact) mass is 437 g/mol. The highest BCUT2D eigenvalue weighted by Gasteiger charge is 2.23. The smallest absolute Gasteiger partial charge is 0.257 e. The normalized spacial score (nSPS) is 11.8. The van der Waals surface area contributed by atoms with Crippen molar-refractivity contribution in [3.8, 4) is 0 Å². The number of hydrogen-bond acceptors (Lipinski definition) is 6. The number of carbonyl (C=O) groups is 2. The summed E-state index contributed by atoms with van der Waals surface area (Å²) in [6, 6.07) is 3.65. The summed E-state index contributed by atoms with van der Waals surface area (Å²) in [6.45, 7) is 1.81. The first-order valence-corrected chi connectivity index (χ1v) is 8.93. The van der Waals surface area contributed by atoms with Crippen molar-refractivity contribution in [1.82, 2.24) is 5.32 Å². The predicted octanol–water partition coefficient (Wildman–Crippen LogP) is 3.93. The molecule has 1 N–H and O–H groups in total. The van der Waals surface area contributed by atoms with E-state index >= 15 is 0 Å². The maximum absolute atomic E-state index is 12.5. The summed E-state index contributed by atoms with van der Waals surface area (Å²) >= 11 is 7.82. The van der Waals surface area contributed by atoms with E-state index in [0.717, 1.165) is 22.0 Å². The Morgan fingerprint density at radius 1 is 1.35 bits per heavy atom. The predicted molar refractivity (Wildman–Crippen MR) is 112 cm³/mol. The summed E-state index contributed by atoms with van der Waals surface area (Å²) in [5, 5.41) is 3.33. The van der Waals surface area contributed by atoms with E-state index in [1.807, 2.05) is 19.1 Å². The number of fused-ring (bicyclic) bond motifs is 1. The lowest BCUT2D eigenvalue weighted by molar-refractivity contribution is -0.104. The Labute approximate surface area is 166 Å². The van der Waals surface area contributed by atoms with Gasteiger partial charge in [-0.05, 0) is 46.6 Å². The zero-order valence-corrected chi connectivity index (χ0v) is 17.4. The number of allylic oxidation sites excluding steroid dienone is 3. The lowest BCUT2D eigenvalue weighted by Crippen LogP contribution is -2.20. The SMILES string of the molecule is CNC(=O)c1c(N(C)/C=C\C(C)=C/C=O)oc2cc(N(C)S)c(Br)cc12. The number of hydrogen-bond donors (Lipinski definition) is 2. The van der Waals surface area contributed by atoms with Crippen molar-refractivity contribution in [3.63, 3.8) is 0 Å². The van der Waals surface area contributed by atoms with Crippen LogP contribution in [0.5, 0.6) is 0 Å². The first-order chi connectivity index (χ1) is 12.3. The summed E-state index contributed by atoms with van der Waals surface area (Å²) in [7, 11) is 5.15. The molecule has 0 saturated carbocycles. The van der Waals surface area contributed by atoms with E-state index in [-0.39, 0.29) is 5.91 Å². The second-order valence-electron chi connectivity index (χ2n) is 5.66. The first kappa shape index (κ1) is 20.1. The van der Waals surface area contributed by atoms with Gasteiger partial charge in [0.15, 0.2) is 0 Å². The van der Waals surface area contributed by atoms with Crippen molar-refractivity contribution in [1.29, 1.82) is 0 Å². The highest BCUT2D eigenvalue weighted by molar-refractivity contribution is 9.10. The van der Waals surface area contributed by atoms with Crippen LogP contribution in [0.15, 0.2) is 44.9 Å². The first-order valence-electron chi connectivity index (χ1n) is 7.74. The molecule has 0 unspecified atom stereocenters. The van der Waals surface area contributed by atoms with Crippen LogP contribution in [0.1, 0.15) is 17.3 Å². The highest BCUT2D eigenvalue weighted by atomic mass is 79.9. The molecular weight excluding hydrogens is 418 g/mol. The molecule has 1 heterocycles. The van der Waals surface area contributed by atoms with Crippen molar-refractivity contribution >= 4 is 63.5 Å². The van der Waals surface area contributed by atoms with Crippen LogP contribution >= 0.6 is 28.7 Å². The van der Waals surface area contributed by atoms with Gasteiger partial charge in [0.05, 0.1) is 5.69 Å². The van der Waals surface area contributed by atoms with E-state index in [1.165, 1.54) is 6.08 Å². The van der Waals surface area contributed by atoms with Crippen LogP contribution in [-0.2, 0) is 4.79 Å². The number of amides is 1. The number of nitrogens with zero attached hydrogens (tertiary/aromatic N) is 2. The Bertz CT molecular complexity index is 903. The zero-order chi connectivity index (χ0) is 19.4. The third kappa shape index (κ3) is 4.13. The van der Waals surface area contributed by atoms with Gasteiger partial charge in [0.2, 0.25) is 5.88 Å². The molecule has 8 heteroatoms. The maximum Gasteiger partial charge on any atom is 0.257 e. The van der Waals surface area contributed by atoms with Crippen molar-refractivity contribution in [2.45, 2.75) is 6.92 Å².